The van der Waals surface area contributed by atoms with Crippen LogP contribution >= 0.6 is 0 Å². The molecule has 1 saturated heterocycles. The van der Waals surface area contributed by atoms with Crippen LogP contribution in [0.5, 0.6) is 0 Å². The number of amides is 1. The van der Waals surface area contributed by atoms with Crippen LogP contribution < -0.4 is 4.90 Å². The van der Waals surface area contributed by atoms with E-state index < -0.39 is 5.92 Å². The molecule has 1 aliphatic heterocycles. The highest BCUT2D eigenvalue weighted by Gasteiger charge is 2.36. The van der Waals surface area contributed by atoms with Crippen LogP contribution in [0.25, 0.3) is 0 Å². The van der Waals surface area contributed by atoms with E-state index in [-0.39, 0.29) is 24.9 Å². The molecule has 0 aliphatic carbocycles. The maximum absolute atomic E-state index is 12.4. The van der Waals surface area contributed by atoms with Crippen molar-refractivity contribution in [2.24, 2.45) is 5.92 Å². The fraction of sp³-hybridized carbons (Fsp3) is 0.391. The van der Waals surface area contributed by atoms with Gasteiger partial charge in [-0.05, 0) is 43.0 Å². The van der Waals surface area contributed by atoms with Crippen LogP contribution in [0.2, 0.25) is 0 Å². The largest absolute Gasteiger partial charge is 0.461 e. The van der Waals surface area contributed by atoms with Crippen LogP contribution in [-0.2, 0) is 27.4 Å². The van der Waals surface area contributed by atoms with E-state index in [0.29, 0.717) is 6.54 Å². The zero-order valence-electron chi connectivity index (χ0n) is 16.1. The Morgan fingerprint density at radius 1 is 1.07 bits per heavy atom. The second-order valence-electron chi connectivity index (χ2n) is 7.27. The van der Waals surface area contributed by atoms with Crippen LogP contribution in [0, 0.1) is 12.8 Å². The highest BCUT2D eigenvalue weighted by Crippen LogP contribution is 2.26. The molecular formula is C23H27NO3. The van der Waals surface area contributed by atoms with E-state index in [2.05, 4.69) is 19.1 Å². The zero-order valence-corrected chi connectivity index (χ0v) is 16.1. The third kappa shape index (κ3) is 4.97. The Labute approximate surface area is 161 Å². The predicted octanol–water partition coefficient (Wildman–Crippen LogP) is 4.43. The molecule has 1 aliphatic rings. The minimum absolute atomic E-state index is 0.0198. The molecule has 1 amide bonds. The molecule has 27 heavy (non-hydrogen) atoms. The van der Waals surface area contributed by atoms with E-state index in [0.717, 1.165) is 24.1 Å². The van der Waals surface area contributed by atoms with Crippen molar-refractivity contribution in [1.29, 1.82) is 0 Å². The zero-order chi connectivity index (χ0) is 19.2. The van der Waals surface area contributed by atoms with Gasteiger partial charge in [0, 0.05) is 18.7 Å². The molecule has 4 nitrogen and oxygen atoms in total. The van der Waals surface area contributed by atoms with Crippen molar-refractivity contribution in [3.05, 3.63) is 65.2 Å². The molecule has 0 spiro atoms. The standard InChI is InChI=1S/C23H27NO3/c1-3-4-5-18-10-12-21(13-11-18)24-15-20(14-22(24)25)23(26)27-16-19-8-6-17(2)7-9-19/h6-13,20H,3-5,14-16H2,1-2H3/t20-/m0/s1. The van der Waals surface area contributed by atoms with Crippen molar-refractivity contribution >= 4 is 17.6 Å². The number of nitrogens with zero attached hydrogens (tertiary/aromatic N) is 1. The Kier molecular flexibility index (Phi) is 6.28. The van der Waals surface area contributed by atoms with Crippen molar-refractivity contribution in [1.82, 2.24) is 0 Å². The lowest BCUT2D eigenvalue weighted by atomic mass is 10.1. The molecule has 1 atom stereocenters. The lowest BCUT2D eigenvalue weighted by molar-refractivity contribution is -0.149. The number of rotatable bonds is 7. The molecule has 142 valence electrons. The Balaban J connectivity index is 1.56. The van der Waals surface area contributed by atoms with E-state index >= 15 is 0 Å². The molecule has 0 aromatic heterocycles. The summed E-state index contributed by atoms with van der Waals surface area (Å²) in [5.41, 5.74) is 4.26. The molecule has 3 rings (SSSR count). The summed E-state index contributed by atoms with van der Waals surface area (Å²) in [6, 6.07) is 16.0. The number of benzene rings is 2. The number of aryl methyl sites for hydroxylation is 2. The molecule has 4 heteroatoms. The van der Waals surface area contributed by atoms with E-state index in [1.54, 1.807) is 4.90 Å². The highest BCUT2D eigenvalue weighted by atomic mass is 16.5. The molecule has 0 radical (unpaired) electrons. The quantitative estimate of drug-likeness (QED) is 0.682. The number of ether oxygens (including phenoxy) is 1. The molecule has 2 aromatic carbocycles. The average molecular weight is 365 g/mol. The van der Waals surface area contributed by atoms with Gasteiger partial charge >= 0.3 is 5.97 Å². The third-order valence-corrected chi connectivity index (χ3v) is 5.03. The lowest BCUT2D eigenvalue weighted by Gasteiger charge is -2.17. The highest BCUT2D eigenvalue weighted by molar-refractivity contribution is 5.99. The fourth-order valence-electron chi connectivity index (χ4n) is 3.30. The van der Waals surface area contributed by atoms with Crippen molar-refractivity contribution < 1.29 is 14.3 Å². The number of anilines is 1. The molecule has 0 unspecified atom stereocenters. The number of hydrogen-bond donors (Lipinski definition) is 0. The monoisotopic (exact) mass is 365 g/mol. The number of hydrogen-bond acceptors (Lipinski definition) is 3. The summed E-state index contributed by atoms with van der Waals surface area (Å²) in [7, 11) is 0. The SMILES string of the molecule is CCCCc1ccc(N2C[C@@H](C(=O)OCc3ccc(C)cc3)CC2=O)cc1. The fourth-order valence-corrected chi connectivity index (χ4v) is 3.30. The second-order valence-corrected chi connectivity index (χ2v) is 7.27. The van der Waals surface area contributed by atoms with E-state index in [1.807, 2.05) is 43.3 Å². The summed E-state index contributed by atoms with van der Waals surface area (Å²) < 4.78 is 5.43. The maximum Gasteiger partial charge on any atom is 0.311 e. The number of unbranched alkanes of at least 4 members (excludes halogenated alkanes) is 1. The van der Waals surface area contributed by atoms with Gasteiger partial charge in [0.25, 0.3) is 0 Å². The Morgan fingerprint density at radius 3 is 2.41 bits per heavy atom. The third-order valence-electron chi connectivity index (χ3n) is 5.03. The van der Waals surface area contributed by atoms with E-state index in [9.17, 15) is 9.59 Å². The van der Waals surface area contributed by atoms with Gasteiger partial charge in [0.15, 0.2) is 0 Å². The van der Waals surface area contributed by atoms with Gasteiger partial charge in [-0.3, -0.25) is 9.59 Å². The summed E-state index contributed by atoms with van der Waals surface area (Å²) in [4.78, 5) is 26.5. The summed E-state index contributed by atoms with van der Waals surface area (Å²) in [5, 5.41) is 0. The summed E-state index contributed by atoms with van der Waals surface area (Å²) in [5.74, 6) is -0.720. The first-order valence-corrected chi connectivity index (χ1v) is 9.68. The van der Waals surface area contributed by atoms with Crippen molar-refractivity contribution in [2.75, 3.05) is 11.4 Å². The minimum Gasteiger partial charge on any atom is -0.461 e. The molecular weight excluding hydrogens is 338 g/mol. The van der Waals surface area contributed by atoms with Gasteiger partial charge in [0.2, 0.25) is 5.91 Å². The molecule has 0 N–H and O–H groups in total. The van der Waals surface area contributed by atoms with Crippen molar-refractivity contribution in [3.8, 4) is 0 Å². The average Bonchev–Trinajstić information content (AvgIpc) is 3.08. The molecule has 2 aromatic rings. The van der Waals surface area contributed by atoms with Gasteiger partial charge in [0.05, 0.1) is 5.92 Å². The minimum atomic E-state index is -0.400. The molecule has 0 bridgehead atoms. The van der Waals surface area contributed by atoms with Gasteiger partial charge in [-0.1, -0.05) is 55.3 Å². The van der Waals surface area contributed by atoms with Gasteiger partial charge in [0.1, 0.15) is 6.61 Å². The summed E-state index contributed by atoms with van der Waals surface area (Å²) in [6.45, 7) is 4.83. The van der Waals surface area contributed by atoms with Crippen LogP contribution in [0.1, 0.15) is 42.9 Å². The second kappa shape index (κ2) is 8.85. The first-order chi connectivity index (χ1) is 13.1. The van der Waals surface area contributed by atoms with Gasteiger partial charge in [-0.25, -0.2) is 0 Å². The smallest absolute Gasteiger partial charge is 0.311 e. The Hall–Kier alpha value is -2.62. The lowest BCUT2D eigenvalue weighted by Crippen LogP contribution is -2.26. The van der Waals surface area contributed by atoms with Crippen LogP contribution in [0.4, 0.5) is 5.69 Å². The topological polar surface area (TPSA) is 46.6 Å². The first kappa shape index (κ1) is 19.2. The number of carbonyl (C=O) groups is 2. The van der Waals surface area contributed by atoms with Crippen molar-refractivity contribution in [3.63, 3.8) is 0 Å². The van der Waals surface area contributed by atoms with E-state index in [4.69, 9.17) is 4.74 Å². The van der Waals surface area contributed by atoms with Crippen LogP contribution in [0.15, 0.2) is 48.5 Å². The number of carbonyl (C=O) groups excluding carboxylic acids is 2. The molecule has 0 saturated carbocycles. The Morgan fingerprint density at radius 2 is 1.74 bits per heavy atom. The van der Waals surface area contributed by atoms with Crippen LogP contribution in [0.3, 0.4) is 0 Å². The molecule has 1 fully saturated rings. The van der Waals surface area contributed by atoms with Gasteiger partial charge in [-0.2, -0.15) is 0 Å². The molecule has 1 heterocycles. The maximum atomic E-state index is 12.4. The first-order valence-electron chi connectivity index (χ1n) is 9.68. The van der Waals surface area contributed by atoms with Crippen LogP contribution in [-0.4, -0.2) is 18.4 Å². The van der Waals surface area contributed by atoms with E-state index in [1.165, 1.54) is 17.5 Å². The Bertz CT molecular complexity index is 780. The van der Waals surface area contributed by atoms with Gasteiger partial charge in [-0.15, -0.1) is 0 Å². The predicted molar refractivity (Wildman–Crippen MR) is 106 cm³/mol. The summed E-state index contributed by atoms with van der Waals surface area (Å²) >= 11 is 0. The normalized spacial score (nSPS) is 16.6. The number of esters is 1. The summed E-state index contributed by atoms with van der Waals surface area (Å²) in [6.07, 6.45) is 3.60. The van der Waals surface area contributed by atoms with Gasteiger partial charge < -0.3 is 9.64 Å². The van der Waals surface area contributed by atoms with Crippen molar-refractivity contribution in [2.45, 2.75) is 46.1 Å².